The monoisotopic (exact) mass is 415 g/mol. The van der Waals surface area contributed by atoms with Crippen molar-refractivity contribution in [2.45, 2.75) is 13.3 Å². The van der Waals surface area contributed by atoms with Gasteiger partial charge in [0.2, 0.25) is 11.8 Å². The molecule has 1 atom stereocenters. The smallest absolute Gasteiger partial charge is 0.229 e. The number of amides is 2. The molecule has 0 radical (unpaired) electrons. The van der Waals surface area contributed by atoms with Crippen molar-refractivity contribution >= 4 is 28.9 Å². The van der Waals surface area contributed by atoms with E-state index in [9.17, 15) is 18.4 Å². The predicted molar refractivity (Wildman–Crippen MR) is 110 cm³/mol. The number of hydrogen-bond donors (Lipinski definition) is 1. The van der Waals surface area contributed by atoms with Gasteiger partial charge in [0.15, 0.2) is 0 Å². The molecule has 0 spiro atoms. The van der Waals surface area contributed by atoms with E-state index in [2.05, 4.69) is 5.32 Å². The van der Waals surface area contributed by atoms with E-state index in [1.165, 1.54) is 17.0 Å². The van der Waals surface area contributed by atoms with Gasteiger partial charge in [0.1, 0.15) is 11.6 Å². The summed E-state index contributed by atoms with van der Waals surface area (Å²) in [5, 5.41) is 2.68. The van der Waals surface area contributed by atoms with Gasteiger partial charge in [-0.25, -0.2) is 8.78 Å². The number of benzene rings is 2. The van der Waals surface area contributed by atoms with Gasteiger partial charge in [-0.15, -0.1) is 0 Å². The van der Waals surface area contributed by atoms with Crippen LogP contribution in [0.15, 0.2) is 36.4 Å². The second kappa shape index (κ2) is 8.39. The lowest BCUT2D eigenvalue weighted by Gasteiger charge is -2.29. The molecule has 0 aliphatic carbocycles. The lowest BCUT2D eigenvalue weighted by molar-refractivity contribution is -0.122. The van der Waals surface area contributed by atoms with Gasteiger partial charge in [-0.05, 0) is 42.8 Å². The Balaban J connectivity index is 1.43. The van der Waals surface area contributed by atoms with E-state index >= 15 is 0 Å². The van der Waals surface area contributed by atoms with Crippen molar-refractivity contribution in [3.63, 3.8) is 0 Å². The topological polar surface area (TPSA) is 61.9 Å². The number of nitrogens with one attached hydrogen (secondary N) is 1. The van der Waals surface area contributed by atoms with Gasteiger partial charge in [-0.2, -0.15) is 0 Å². The largest absolute Gasteiger partial charge is 0.378 e. The molecular weight excluding hydrogens is 392 g/mol. The zero-order valence-corrected chi connectivity index (χ0v) is 16.7. The third-order valence-electron chi connectivity index (χ3n) is 5.46. The summed E-state index contributed by atoms with van der Waals surface area (Å²) in [6.45, 7) is 4.16. The maximum Gasteiger partial charge on any atom is 0.229 e. The molecule has 158 valence electrons. The molecule has 6 nitrogen and oxygen atoms in total. The summed E-state index contributed by atoms with van der Waals surface area (Å²) in [5.74, 6) is -2.27. The highest BCUT2D eigenvalue weighted by molar-refractivity contribution is 6.03. The molecule has 1 N–H and O–H groups in total. The molecule has 2 saturated heterocycles. The van der Waals surface area contributed by atoms with Gasteiger partial charge in [-0.1, -0.05) is 6.07 Å². The minimum absolute atomic E-state index is 0.0203. The van der Waals surface area contributed by atoms with E-state index < -0.39 is 23.5 Å². The van der Waals surface area contributed by atoms with Crippen molar-refractivity contribution in [2.75, 3.05) is 48.0 Å². The van der Waals surface area contributed by atoms with Crippen LogP contribution in [0.4, 0.5) is 25.8 Å². The first kappa shape index (κ1) is 20.3. The Morgan fingerprint density at radius 3 is 2.47 bits per heavy atom. The maximum absolute atomic E-state index is 14.5. The fourth-order valence-corrected chi connectivity index (χ4v) is 3.84. The molecule has 2 aliphatic heterocycles. The summed E-state index contributed by atoms with van der Waals surface area (Å²) in [4.78, 5) is 28.2. The zero-order chi connectivity index (χ0) is 21.3. The molecular formula is C22H23F2N3O3. The van der Waals surface area contributed by atoms with Gasteiger partial charge in [0.05, 0.1) is 30.5 Å². The molecule has 0 saturated carbocycles. The highest BCUT2D eigenvalue weighted by Crippen LogP contribution is 2.29. The second-order valence-electron chi connectivity index (χ2n) is 7.62. The normalized spacial score (nSPS) is 19.3. The van der Waals surface area contributed by atoms with Crippen LogP contribution in [0, 0.1) is 24.5 Å². The summed E-state index contributed by atoms with van der Waals surface area (Å²) in [7, 11) is 0. The highest BCUT2D eigenvalue weighted by Gasteiger charge is 2.36. The summed E-state index contributed by atoms with van der Waals surface area (Å²) < 4.78 is 34.1. The van der Waals surface area contributed by atoms with Gasteiger partial charge < -0.3 is 19.9 Å². The molecule has 0 bridgehead atoms. The Bertz CT molecular complexity index is 976. The molecule has 2 aliphatic rings. The third kappa shape index (κ3) is 4.14. The number of ether oxygens (including phenoxy) is 1. The fraction of sp³-hybridized carbons (Fsp3) is 0.364. The van der Waals surface area contributed by atoms with Crippen LogP contribution < -0.4 is 15.1 Å². The number of hydrogen-bond acceptors (Lipinski definition) is 4. The quantitative estimate of drug-likeness (QED) is 0.834. The summed E-state index contributed by atoms with van der Waals surface area (Å²) >= 11 is 0. The minimum Gasteiger partial charge on any atom is -0.378 e. The first-order valence-corrected chi connectivity index (χ1v) is 9.92. The first-order chi connectivity index (χ1) is 14.4. The number of aryl methyl sites for hydroxylation is 1. The number of rotatable bonds is 4. The standard InChI is InChI=1S/C22H23F2N3O3/c1-14-2-4-20(17(23)10-14)27-13-15(11-21(27)28)22(29)25-16-3-5-19(18(24)12-16)26-6-8-30-9-7-26/h2-5,10,12,15H,6-9,11,13H2,1H3,(H,25,29). The van der Waals surface area contributed by atoms with Crippen molar-refractivity contribution in [1.29, 1.82) is 0 Å². The number of carbonyl (C=O) groups is 2. The van der Waals surface area contributed by atoms with Crippen LogP contribution >= 0.6 is 0 Å². The van der Waals surface area contributed by atoms with Gasteiger partial charge in [0, 0.05) is 31.7 Å². The van der Waals surface area contributed by atoms with E-state index in [0.29, 0.717) is 37.7 Å². The lowest BCUT2D eigenvalue weighted by atomic mass is 10.1. The van der Waals surface area contributed by atoms with Crippen LogP contribution in [0.5, 0.6) is 0 Å². The Hall–Kier alpha value is -3.00. The van der Waals surface area contributed by atoms with Crippen molar-refractivity contribution in [3.05, 3.63) is 53.6 Å². The molecule has 0 aromatic heterocycles. The van der Waals surface area contributed by atoms with E-state index in [4.69, 9.17) is 4.74 Å². The molecule has 8 heteroatoms. The SMILES string of the molecule is Cc1ccc(N2CC(C(=O)Nc3ccc(N4CCOCC4)c(F)c3)CC2=O)c(F)c1. The Labute approximate surface area is 173 Å². The first-order valence-electron chi connectivity index (χ1n) is 9.92. The van der Waals surface area contributed by atoms with Crippen molar-refractivity contribution in [2.24, 2.45) is 5.92 Å². The Morgan fingerprint density at radius 2 is 1.77 bits per heavy atom. The number of anilines is 3. The molecule has 2 fully saturated rings. The second-order valence-corrected chi connectivity index (χ2v) is 7.62. The van der Waals surface area contributed by atoms with Crippen LogP contribution in [0.2, 0.25) is 0 Å². The van der Waals surface area contributed by atoms with Gasteiger partial charge in [0.25, 0.3) is 0 Å². The number of carbonyl (C=O) groups excluding carboxylic acids is 2. The van der Waals surface area contributed by atoms with E-state index in [0.717, 1.165) is 5.56 Å². The fourth-order valence-electron chi connectivity index (χ4n) is 3.84. The predicted octanol–water partition coefficient (Wildman–Crippen LogP) is 3.10. The molecule has 2 aromatic rings. The van der Waals surface area contributed by atoms with E-state index in [1.807, 2.05) is 4.90 Å². The van der Waals surface area contributed by atoms with Gasteiger partial charge in [-0.3, -0.25) is 9.59 Å². The van der Waals surface area contributed by atoms with Gasteiger partial charge >= 0.3 is 0 Å². The average molecular weight is 415 g/mol. The third-order valence-corrected chi connectivity index (χ3v) is 5.46. The van der Waals surface area contributed by atoms with Crippen molar-refractivity contribution in [3.8, 4) is 0 Å². The zero-order valence-electron chi connectivity index (χ0n) is 16.7. The highest BCUT2D eigenvalue weighted by atomic mass is 19.1. The van der Waals surface area contributed by atoms with Crippen LogP contribution in [0.25, 0.3) is 0 Å². The minimum atomic E-state index is -0.639. The molecule has 4 rings (SSSR count). The van der Waals surface area contributed by atoms with E-state index in [1.54, 1.807) is 31.2 Å². The number of nitrogens with zero attached hydrogens (tertiary/aromatic N) is 2. The summed E-state index contributed by atoms with van der Waals surface area (Å²) in [6, 6.07) is 9.16. The number of morpholine rings is 1. The number of halogens is 2. The Morgan fingerprint density at radius 1 is 1.07 bits per heavy atom. The molecule has 1 unspecified atom stereocenters. The molecule has 2 amide bonds. The van der Waals surface area contributed by atoms with Crippen molar-refractivity contribution < 1.29 is 23.1 Å². The summed E-state index contributed by atoms with van der Waals surface area (Å²) in [6.07, 6.45) is -0.0203. The van der Waals surface area contributed by atoms with Crippen LogP contribution in [0.3, 0.4) is 0 Å². The van der Waals surface area contributed by atoms with Crippen molar-refractivity contribution in [1.82, 2.24) is 0 Å². The van der Waals surface area contributed by atoms with Crippen LogP contribution in [0.1, 0.15) is 12.0 Å². The lowest BCUT2D eigenvalue weighted by Crippen LogP contribution is -2.36. The van der Waals surface area contributed by atoms with Crippen LogP contribution in [-0.2, 0) is 14.3 Å². The Kier molecular flexibility index (Phi) is 5.67. The maximum atomic E-state index is 14.5. The molecule has 30 heavy (non-hydrogen) atoms. The summed E-state index contributed by atoms with van der Waals surface area (Å²) in [5.41, 5.74) is 1.71. The van der Waals surface area contributed by atoms with Crippen LogP contribution in [-0.4, -0.2) is 44.7 Å². The average Bonchev–Trinajstić information content (AvgIpc) is 3.10. The molecule has 2 heterocycles. The van der Waals surface area contributed by atoms with E-state index in [-0.39, 0.29) is 24.6 Å². The molecule has 2 aromatic carbocycles.